The summed E-state index contributed by atoms with van der Waals surface area (Å²) in [6.07, 6.45) is 2.84. The Morgan fingerprint density at radius 3 is 1.69 bits per heavy atom. The minimum atomic E-state index is -2.29. The summed E-state index contributed by atoms with van der Waals surface area (Å²) in [5.41, 5.74) is 0.310. The summed E-state index contributed by atoms with van der Waals surface area (Å²) < 4.78 is 21.1. The number of hydrogen-bond donors (Lipinski definition) is 1. The second-order valence-corrected chi connectivity index (χ2v) is 7.21. The molecule has 0 saturated carbocycles. The molecule has 0 aromatic rings. The lowest BCUT2D eigenvalue weighted by Gasteiger charge is -2.21. The summed E-state index contributed by atoms with van der Waals surface area (Å²) in [7, 11) is -2.29. The SMILES string of the molecule is CC(C)(C)CCCC(C)(C)[SH](=O)=O. The van der Waals surface area contributed by atoms with Crippen molar-refractivity contribution in [2.45, 2.75) is 58.6 Å². The van der Waals surface area contributed by atoms with Crippen LogP contribution in [0.3, 0.4) is 0 Å². The van der Waals surface area contributed by atoms with Gasteiger partial charge >= 0.3 is 0 Å². The fourth-order valence-electron chi connectivity index (χ4n) is 1.14. The Hall–Kier alpha value is -0.0500. The zero-order valence-corrected chi connectivity index (χ0v) is 10.3. The van der Waals surface area contributed by atoms with E-state index >= 15 is 0 Å². The molecule has 0 aliphatic rings. The number of hydrogen-bond acceptors (Lipinski definition) is 2. The van der Waals surface area contributed by atoms with Crippen molar-refractivity contribution in [3.63, 3.8) is 0 Å². The minimum absolute atomic E-state index is 0.310. The van der Waals surface area contributed by atoms with Crippen molar-refractivity contribution in [3.05, 3.63) is 0 Å². The van der Waals surface area contributed by atoms with Crippen LogP contribution in [0.25, 0.3) is 0 Å². The van der Waals surface area contributed by atoms with Crippen LogP contribution in [0.4, 0.5) is 0 Å². The first-order chi connectivity index (χ1) is 5.65. The Bertz CT molecular complexity index is 214. The molecule has 13 heavy (non-hydrogen) atoms. The van der Waals surface area contributed by atoms with Crippen molar-refractivity contribution in [2.75, 3.05) is 0 Å². The second-order valence-electron chi connectivity index (χ2n) is 5.48. The van der Waals surface area contributed by atoms with Crippen molar-refractivity contribution in [2.24, 2.45) is 5.41 Å². The Kier molecular flexibility index (Phi) is 4.43. The van der Waals surface area contributed by atoms with E-state index in [0.29, 0.717) is 5.41 Å². The summed E-state index contributed by atoms with van der Waals surface area (Å²) in [5.74, 6) is 0. The molecule has 0 radical (unpaired) electrons. The molecule has 0 bridgehead atoms. The van der Waals surface area contributed by atoms with E-state index in [1.165, 1.54) is 0 Å². The highest BCUT2D eigenvalue weighted by Crippen LogP contribution is 2.25. The molecule has 0 aromatic heterocycles. The second kappa shape index (κ2) is 4.45. The quantitative estimate of drug-likeness (QED) is 0.717. The average molecular weight is 206 g/mol. The smallest absolute Gasteiger partial charge is 0.145 e. The molecule has 0 rings (SSSR count). The van der Waals surface area contributed by atoms with Gasteiger partial charge in [-0.2, -0.15) is 0 Å². The van der Waals surface area contributed by atoms with E-state index in [1.54, 1.807) is 13.8 Å². The predicted molar refractivity (Wildman–Crippen MR) is 57.7 cm³/mol. The molecule has 3 heteroatoms. The van der Waals surface area contributed by atoms with Gasteiger partial charge in [0.15, 0.2) is 0 Å². The van der Waals surface area contributed by atoms with Gasteiger partial charge in [0, 0.05) is 0 Å². The molecule has 0 fully saturated rings. The van der Waals surface area contributed by atoms with Crippen molar-refractivity contribution in [1.82, 2.24) is 0 Å². The Labute approximate surface area is 83.7 Å². The van der Waals surface area contributed by atoms with Crippen LogP contribution in [0.15, 0.2) is 0 Å². The van der Waals surface area contributed by atoms with Gasteiger partial charge in [0.1, 0.15) is 10.7 Å². The maximum Gasteiger partial charge on any atom is 0.145 e. The molecule has 0 amide bonds. The van der Waals surface area contributed by atoms with Gasteiger partial charge in [-0.1, -0.05) is 27.2 Å². The van der Waals surface area contributed by atoms with Gasteiger partial charge in [-0.15, -0.1) is 0 Å². The van der Waals surface area contributed by atoms with Crippen molar-refractivity contribution < 1.29 is 8.42 Å². The zero-order valence-electron chi connectivity index (χ0n) is 9.39. The van der Waals surface area contributed by atoms with Gasteiger partial charge in [-0.25, -0.2) is 8.42 Å². The normalized spacial score (nSPS) is 13.7. The first-order valence-corrected chi connectivity index (χ1v) is 5.97. The molecular formula is C10H22O2S. The summed E-state index contributed by atoms with van der Waals surface area (Å²) in [6, 6.07) is 0. The molecule has 0 atom stereocenters. The van der Waals surface area contributed by atoms with Crippen LogP contribution in [0, 0.1) is 5.41 Å². The monoisotopic (exact) mass is 206 g/mol. The average Bonchev–Trinajstić information content (AvgIpc) is 1.82. The summed E-state index contributed by atoms with van der Waals surface area (Å²) in [5, 5.41) is 0. The lowest BCUT2D eigenvalue weighted by atomic mass is 9.88. The Morgan fingerprint density at radius 2 is 1.38 bits per heavy atom. The van der Waals surface area contributed by atoms with E-state index in [-0.39, 0.29) is 0 Å². The van der Waals surface area contributed by atoms with E-state index in [2.05, 4.69) is 20.8 Å². The summed E-state index contributed by atoms with van der Waals surface area (Å²) in [6.45, 7) is 10.1. The van der Waals surface area contributed by atoms with Gasteiger partial charge in [-0.05, 0) is 32.1 Å². The van der Waals surface area contributed by atoms with Crippen LogP contribution < -0.4 is 0 Å². The van der Waals surface area contributed by atoms with E-state index in [9.17, 15) is 8.42 Å². The van der Waals surface area contributed by atoms with Crippen LogP contribution in [0.5, 0.6) is 0 Å². The van der Waals surface area contributed by atoms with Gasteiger partial charge in [0.25, 0.3) is 0 Å². The summed E-state index contributed by atoms with van der Waals surface area (Å²) >= 11 is 0. The van der Waals surface area contributed by atoms with Crippen molar-refractivity contribution >= 4 is 10.7 Å². The van der Waals surface area contributed by atoms with Crippen LogP contribution in [-0.2, 0) is 10.7 Å². The fourth-order valence-corrected chi connectivity index (χ4v) is 1.48. The van der Waals surface area contributed by atoms with Crippen LogP contribution >= 0.6 is 0 Å². The van der Waals surface area contributed by atoms with Crippen molar-refractivity contribution in [1.29, 1.82) is 0 Å². The molecule has 0 aliphatic heterocycles. The number of thiol groups is 1. The molecule has 0 saturated heterocycles. The molecule has 0 N–H and O–H groups in total. The van der Waals surface area contributed by atoms with Gasteiger partial charge in [0.05, 0.1) is 4.75 Å². The van der Waals surface area contributed by atoms with Gasteiger partial charge in [-0.3, -0.25) is 0 Å². The highest BCUT2D eigenvalue weighted by molar-refractivity contribution is 7.74. The molecule has 80 valence electrons. The summed E-state index contributed by atoms with van der Waals surface area (Å²) in [4.78, 5) is 0. The standard InChI is InChI=1S/C10H22O2S/c1-9(2,3)7-6-8-10(4,5)13(11)12/h13H,6-8H2,1-5H3. The van der Waals surface area contributed by atoms with E-state index in [1.807, 2.05) is 0 Å². The van der Waals surface area contributed by atoms with Crippen LogP contribution in [0.2, 0.25) is 0 Å². The molecule has 0 heterocycles. The van der Waals surface area contributed by atoms with Gasteiger partial charge < -0.3 is 0 Å². The molecule has 0 unspecified atom stereocenters. The first kappa shape index (κ1) is 12.9. The molecule has 0 aromatic carbocycles. The van der Waals surface area contributed by atoms with Crippen LogP contribution in [0.1, 0.15) is 53.9 Å². The lowest BCUT2D eigenvalue weighted by Crippen LogP contribution is -2.22. The predicted octanol–water partition coefficient (Wildman–Crippen LogP) is 2.59. The van der Waals surface area contributed by atoms with E-state index in [4.69, 9.17) is 0 Å². The van der Waals surface area contributed by atoms with Gasteiger partial charge in [0.2, 0.25) is 0 Å². The van der Waals surface area contributed by atoms with E-state index < -0.39 is 15.5 Å². The molecule has 0 spiro atoms. The third kappa shape index (κ3) is 6.08. The Balaban J connectivity index is 3.91. The van der Waals surface area contributed by atoms with Crippen LogP contribution in [-0.4, -0.2) is 13.2 Å². The third-order valence-electron chi connectivity index (χ3n) is 2.21. The highest BCUT2D eigenvalue weighted by atomic mass is 32.2. The maximum absolute atomic E-state index is 10.8. The molecule has 2 nitrogen and oxygen atoms in total. The number of rotatable bonds is 4. The van der Waals surface area contributed by atoms with Crippen molar-refractivity contribution in [3.8, 4) is 0 Å². The van der Waals surface area contributed by atoms with E-state index in [0.717, 1.165) is 19.3 Å². The minimum Gasteiger partial charge on any atom is -0.231 e. The zero-order chi connectivity index (χ0) is 10.7. The molecular weight excluding hydrogens is 184 g/mol. The Morgan fingerprint density at radius 1 is 0.923 bits per heavy atom. The first-order valence-electron chi connectivity index (χ1n) is 4.80. The highest BCUT2D eigenvalue weighted by Gasteiger charge is 2.22. The topological polar surface area (TPSA) is 34.1 Å². The largest absolute Gasteiger partial charge is 0.231 e. The molecule has 0 aliphatic carbocycles. The maximum atomic E-state index is 10.8. The third-order valence-corrected chi connectivity index (χ3v) is 3.42. The fraction of sp³-hybridized carbons (Fsp3) is 1.00. The lowest BCUT2D eigenvalue weighted by molar-refractivity contribution is 0.350.